The van der Waals surface area contributed by atoms with Gasteiger partial charge in [-0.15, -0.1) is 0 Å². The van der Waals surface area contributed by atoms with Gasteiger partial charge in [-0.05, 0) is 26.3 Å². The maximum Gasteiger partial charge on any atom is 0.253 e. The third kappa shape index (κ3) is 3.89. The molecule has 0 fully saturated rings. The first kappa shape index (κ1) is 13.8. The zero-order valence-electron chi connectivity index (χ0n) is 10.4. The van der Waals surface area contributed by atoms with E-state index in [1.165, 1.54) is 12.3 Å². The molecule has 17 heavy (non-hydrogen) atoms. The summed E-state index contributed by atoms with van der Waals surface area (Å²) in [4.78, 5) is 15.8. The molecule has 0 aliphatic rings. The molecule has 1 aromatic rings. The monoisotopic (exact) mass is 255 g/mol. The largest absolute Gasteiger partial charge is 0.384 e. The lowest BCUT2D eigenvalue weighted by Crippen LogP contribution is -2.43. The second kappa shape index (κ2) is 5.36. The van der Waals surface area contributed by atoms with Crippen LogP contribution in [0.4, 0.5) is 5.82 Å². The Morgan fingerprint density at radius 1 is 1.59 bits per heavy atom. The summed E-state index contributed by atoms with van der Waals surface area (Å²) >= 11 is 5.92. The molecule has 1 heterocycles. The fourth-order valence-corrected chi connectivity index (χ4v) is 1.88. The molecule has 0 bridgehead atoms. The number of halogens is 1. The van der Waals surface area contributed by atoms with Crippen molar-refractivity contribution in [2.24, 2.45) is 0 Å². The average molecular weight is 256 g/mol. The molecule has 0 atom stereocenters. The van der Waals surface area contributed by atoms with Crippen LogP contribution in [-0.2, 0) is 0 Å². The van der Waals surface area contributed by atoms with Gasteiger partial charge in [0.05, 0.1) is 10.6 Å². The van der Waals surface area contributed by atoms with Crippen molar-refractivity contribution in [2.75, 3.05) is 5.73 Å². The Labute approximate surface area is 107 Å². The van der Waals surface area contributed by atoms with Crippen molar-refractivity contribution >= 4 is 23.3 Å². The highest BCUT2D eigenvalue weighted by atomic mass is 35.5. The van der Waals surface area contributed by atoms with Crippen molar-refractivity contribution in [3.63, 3.8) is 0 Å². The van der Waals surface area contributed by atoms with Crippen LogP contribution in [0, 0.1) is 0 Å². The molecule has 0 aliphatic heterocycles. The number of carbonyl (C=O) groups excluding carboxylic acids is 1. The number of anilines is 1. The van der Waals surface area contributed by atoms with Crippen LogP contribution in [-0.4, -0.2) is 16.4 Å². The summed E-state index contributed by atoms with van der Waals surface area (Å²) in [7, 11) is 0. The molecule has 1 amide bonds. The molecule has 0 saturated carbocycles. The molecular formula is C12H18ClN3O. The predicted molar refractivity (Wildman–Crippen MR) is 70.1 cm³/mol. The van der Waals surface area contributed by atoms with E-state index in [-0.39, 0.29) is 17.3 Å². The number of carbonyl (C=O) groups is 1. The van der Waals surface area contributed by atoms with Gasteiger partial charge in [0.25, 0.3) is 5.91 Å². The fraction of sp³-hybridized carbons (Fsp3) is 0.500. The standard InChI is InChI=1S/C12H18ClN3O/c1-4-5-12(2,3)16-11(17)8-6-10(14)15-7-9(8)13/h6-7H,4-5H2,1-3H3,(H2,14,15)(H,16,17). The molecule has 1 rings (SSSR count). The number of nitrogen functional groups attached to an aromatic ring is 1. The van der Waals surface area contributed by atoms with Gasteiger partial charge in [-0.25, -0.2) is 4.98 Å². The molecule has 5 heteroatoms. The van der Waals surface area contributed by atoms with Gasteiger partial charge in [-0.3, -0.25) is 4.79 Å². The Hall–Kier alpha value is -1.29. The smallest absolute Gasteiger partial charge is 0.253 e. The van der Waals surface area contributed by atoms with E-state index in [9.17, 15) is 4.79 Å². The first-order valence-corrected chi connectivity index (χ1v) is 5.97. The van der Waals surface area contributed by atoms with Gasteiger partial charge in [0.2, 0.25) is 0 Å². The van der Waals surface area contributed by atoms with E-state index in [1.54, 1.807) is 0 Å². The van der Waals surface area contributed by atoms with Gasteiger partial charge in [-0.2, -0.15) is 0 Å². The van der Waals surface area contributed by atoms with Crippen LogP contribution in [0.1, 0.15) is 44.0 Å². The number of pyridine rings is 1. The van der Waals surface area contributed by atoms with Gasteiger partial charge in [0.15, 0.2) is 0 Å². The van der Waals surface area contributed by atoms with Crippen LogP contribution in [0.2, 0.25) is 5.02 Å². The molecule has 0 aliphatic carbocycles. The van der Waals surface area contributed by atoms with E-state index in [1.807, 2.05) is 13.8 Å². The Kier molecular flexibility index (Phi) is 4.34. The zero-order chi connectivity index (χ0) is 13.1. The number of hydrogen-bond donors (Lipinski definition) is 2. The zero-order valence-corrected chi connectivity index (χ0v) is 11.1. The van der Waals surface area contributed by atoms with Crippen molar-refractivity contribution in [2.45, 2.75) is 39.2 Å². The van der Waals surface area contributed by atoms with Crippen molar-refractivity contribution in [3.05, 3.63) is 22.8 Å². The lowest BCUT2D eigenvalue weighted by molar-refractivity contribution is 0.0909. The third-order valence-electron chi connectivity index (χ3n) is 2.45. The molecule has 0 radical (unpaired) electrons. The molecule has 1 aromatic heterocycles. The molecular weight excluding hydrogens is 238 g/mol. The molecule has 94 valence electrons. The van der Waals surface area contributed by atoms with Crippen LogP contribution in [0.25, 0.3) is 0 Å². The number of hydrogen-bond acceptors (Lipinski definition) is 3. The minimum absolute atomic E-state index is 0.220. The molecule has 0 aromatic carbocycles. The predicted octanol–water partition coefficient (Wildman–Crippen LogP) is 2.63. The fourth-order valence-electron chi connectivity index (χ4n) is 1.69. The molecule has 4 nitrogen and oxygen atoms in total. The van der Waals surface area contributed by atoms with Crippen molar-refractivity contribution in [1.29, 1.82) is 0 Å². The Balaban J connectivity index is 2.86. The normalized spacial score (nSPS) is 11.3. The number of nitrogens with two attached hydrogens (primary N) is 1. The summed E-state index contributed by atoms with van der Waals surface area (Å²) in [6.07, 6.45) is 3.29. The molecule has 0 saturated heterocycles. The van der Waals surface area contributed by atoms with E-state index >= 15 is 0 Å². The van der Waals surface area contributed by atoms with Crippen LogP contribution in [0.5, 0.6) is 0 Å². The highest BCUT2D eigenvalue weighted by molar-refractivity contribution is 6.33. The van der Waals surface area contributed by atoms with Gasteiger partial charge < -0.3 is 11.1 Å². The first-order valence-electron chi connectivity index (χ1n) is 5.59. The number of amides is 1. The number of rotatable bonds is 4. The summed E-state index contributed by atoms with van der Waals surface area (Å²) in [5.74, 6) is 0.0652. The highest BCUT2D eigenvalue weighted by Crippen LogP contribution is 2.18. The van der Waals surface area contributed by atoms with Crippen molar-refractivity contribution < 1.29 is 4.79 Å². The first-order chi connectivity index (χ1) is 7.85. The van der Waals surface area contributed by atoms with Gasteiger partial charge in [0.1, 0.15) is 5.82 Å². The number of aromatic nitrogens is 1. The van der Waals surface area contributed by atoms with Crippen LogP contribution in [0.3, 0.4) is 0 Å². The van der Waals surface area contributed by atoms with E-state index in [2.05, 4.69) is 17.2 Å². The third-order valence-corrected chi connectivity index (χ3v) is 2.75. The van der Waals surface area contributed by atoms with Gasteiger partial charge >= 0.3 is 0 Å². The summed E-state index contributed by atoms with van der Waals surface area (Å²) < 4.78 is 0. The number of nitrogens with zero attached hydrogens (tertiary/aromatic N) is 1. The Morgan fingerprint density at radius 3 is 2.82 bits per heavy atom. The second-order valence-electron chi connectivity index (χ2n) is 4.68. The van der Waals surface area contributed by atoms with Gasteiger partial charge in [0, 0.05) is 11.7 Å². The lowest BCUT2D eigenvalue weighted by Gasteiger charge is -2.26. The van der Waals surface area contributed by atoms with Crippen molar-refractivity contribution in [3.8, 4) is 0 Å². The van der Waals surface area contributed by atoms with Crippen molar-refractivity contribution in [1.82, 2.24) is 10.3 Å². The quantitative estimate of drug-likeness (QED) is 0.869. The Morgan fingerprint density at radius 2 is 2.24 bits per heavy atom. The van der Waals surface area contributed by atoms with E-state index in [0.29, 0.717) is 10.6 Å². The lowest BCUT2D eigenvalue weighted by atomic mass is 9.98. The topological polar surface area (TPSA) is 68.0 Å². The van der Waals surface area contributed by atoms with Crippen LogP contribution >= 0.6 is 11.6 Å². The SMILES string of the molecule is CCCC(C)(C)NC(=O)c1cc(N)ncc1Cl. The summed E-state index contributed by atoms with van der Waals surface area (Å²) in [6.45, 7) is 6.03. The molecule has 0 unspecified atom stereocenters. The average Bonchev–Trinajstić information content (AvgIpc) is 2.20. The van der Waals surface area contributed by atoms with Crippen LogP contribution < -0.4 is 11.1 Å². The summed E-state index contributed by atoms with van der Waals surface area (Å²) in [5, 5.41) is 3.24. The van der Waals surface area contributed by atoms with E-state index in [4.69, 9.17) is 17.3 Å². The minimum Gasteiger partial charge on any atom is -0.384 e. The van der Waals surface area contributed by atoms with E-state index in [0.717, 1.165) is 12.8 Å². The summed E-state index contributed by atoms with van der Waals surface area (Å²) in [5.41, 5.74) is 5.65. The molecule has 0 spiro atoms. The second-order valence-corrected chi connectivity index (χ2v) is 5.08. The summed E-state index contributed by atoms with van der Waals surface area (Å²) in [6, 6.07) is 1.49. The minimum atomic E-state index is -0.257. The highest BCUT2D eigenvalue weighted by Gasteiger charge is 2.21. The molecule has 3 N–H and O–H groups in total. The maximum absolute atomic E-state index is 12.0. The van der Waals surface area contributed by atoms with E-state index < -0.39 is 0 Å². The number of nitrogens with one attached hydrogen (secondary N) is 1. The van der Waals surface area contributed by atoms with Gasteiger partial charge in [-0.1, -0.05) is 24.9 Å². The van der Waals surface area contributed by atoms with Crippen LogP contribution in [0.15, 0.2) is 12.3 Å². The Bertz CT molecular complexity index is 418. The maximum atomic E-state index is 12.0.